The van der Waals surface area contributed by atoms with Crippen molar-refractivity contribution in [3.05, 3.63) is 29.8 Å². The second-order valence-corrected chi connectivity index (χ2v) is 9.31. The Balaban J connectivity index is 1.48. The molecule has 4 heterocycles. The van der Waals surface area contributed by atoms with E-state index in [-0.39, 0.29) is 29.7 Å². The molecule has 0 radical (unpaired) electrons. The summed E-state index contributed by atoms with van der Waals surface area (Å²) in [5, 5.41) is 3.03. The summed E-state index contributed by atoms with van der Waals surface area (Å²) in [6.07, 6.45) is 2.10. The highest BCUT2D eigenvalue weighted by Crippen LogP contribution is 2.53. The lowest BCUT2D eigenvalue weighted by Gasteiger charge is -2.45. The molecule has 3 fully saturated rings. The molecule has 8 nitrogen and oxygen atoms in total. The van der Waals surface area contributed by atoms with Gasteiger partial charge in [-0.1, -0.05) is 18.2 Å². The molecule has 3 atom stereocenters. The van der Waals surface area contributed by atoms with E-state index in [9.17, 15) is 14.4 Å². The summed E-state index contributed by atoms with van der Waals surface area (Å²) in [6, 6.07) is 7.67. The van der Waals surface area contributed by atoms with Crippen LogP contribution in [0.3, 0.4) is 0 Å². The minimum absolute atomic E-state index is 0.0189. The van der Waals surface area contributed by atoms with Crippen molar-refractivity contribution in [1.29, 1.82) is 0 Å². The molecule has 4 aliphatic rings. The Morgan fingerprint density at radius 3 is 2.65 bits per heavy atom. The molecule has 0 aliphatic carbocycles. The normalized spacial score (nSPS) is 30.8. The molecule has 3 saturated heterocycles. The summed E-state index contributed by atoms with van der Waals surface area (Å²) >= 11 is 0. The monoisotopic (exact) mass is 426 g/mol. The van der Waals surface area contributed by atoms with Crippen LogP contribution in [0.25, 0.3) is 0 Å². The number of anilines is 1. The van der Waals surface area contributed by atoms with E-state index in [1.807, 2.05) is 29.2 Å². The predicted octanol–water partition coefficient (Wildman–Crippen LogP) is 0.882. The zero-order valence-electron chi connectivity index (χ0n) is 18.2. The Hall–Kier alpha value is -2.45. The highest BCUT2D eigenvalue weighted by Gasteiger charge is 2.65. The minimum atomic E-state index is -1.00. The molecule has 0 aromatic heterocycles. The number of hydrogen-bond donors (Lipinski definition) is 1. The Morgan fingerprint density at radius 1 is 1.16 bits per heavy atom. The first-order valence-corrected chi connectivity index (χ1v) is 11.2. The van der Waals surface area contributed by atoms with Crippen LogP contribution in [-0.4, -0.2) is 85.4 Å². The van der Waals surface area contributed by atoms with Crippen LogP contribution in [0.4, 0.5) is 5.69 Å². The number of nitrogens with zero attached hydrogens (tertiary/aromatic N) is 3. The SMILES string of the molecule is CN(C)C(=O)[C@@H]1C[C@@H]2CN(C(=O)C3CCOCC3)CCN2[C@@]12C(=O)Nc1ccccc12. The van der Waals surface area contributed by atoms with Gasteiger partial charge >= 0.3 is 0 Å². The quantitative estimate of drug-likeness (QED) is 0.759. The van der Waals surface area contributed by atoms with Crippen molar-refractivity contribution in [2.45, 2.75) is 30.8 Å². The molecule has 0 saturated carbocycles. The van der Waals surface area contributed by atoms with E-state index in [1.54, 1.807) is 19.0 Å². The molecule has 1 aromatic rings. The number of nitrogens with one attached hydrogen (secondary N) is 1. The Morgan fingerprint density at radius 2 is 1.90 bits per heavy atom. The first-order valence-electron chi connectivity index (χ1n) is 11.2. The predicted molar refractivity (Wildman–Crippen MR) is 114 cm³/mol. The van der Waals surface area contributed by atoms with Gasteiger partial charge in [0.1, 0.15) is 5.54 Å². The number of piperazine rings is 1. The molecule has 1 N–H and O–H groups in total. The fourth-order valence-corrected chi connectivity index (χ4v) is 6.05. The van der Waals surface area contributed by atoms with Crippen molar-refractivity contribution in [2.75, 3.05) is 52.3 Å². The molecule has 4 aliphatic heterocycles. The molecule has 5 rings (SSSR count). The summed E-state index contributed by atoms with van der Waals surface area (Å²) in [5.41, 5.74) is 0.661. The van der Waals surface area contributed by atoms with Crippen LogP contribution in [0.1, 0.15) is 24.8 Å². The van der Waals surface area contributed by atoms with Crippen LogP contribution >= 0.6 is 0 Å². The molecule has 0 unspecified atom stereocenters. The van der Waals surface area contributed by atoms with Crippen molar-refractivity contribution < 1.29 is 19.1 Å². The van der Waals surface area contributed by atoms with Crippen molar-refractivity contribution in [3.63, 3.8) is 0 Å². The number of benzene rings is 1. The van der Waals surface area contributed by atoms with E-state index in [0.29, 0.717) is 39.3 Å². The van der Waals surface area contributed by atoms with Gasteiger partial charge in [0.25, 0.3) is 0 Å². The maximum atomic E-state index is 13.5. The standard InChI is InChI=1S/C23H30N4O4/c1-25(2)21(29)18-13-16-14-26(20(28)15-7-11-31-12-8-15)9-10-27(16)23(18)17-5-3-4-6-19(17)24-22(23)30/h3-6,15-16,18H,7-14H2,1-2H3,(H,24,30)/t16-,18+,23-/m1/s1. The van der Waals surface area contributed by atoms with Crippen LogP contribution in [0.5, 0.6) is 0 Å². The molecule has 166 valence electrons. The van der Waals surface area contributed by atoms with Crippen molar-refractivity contribution >= 4 is 23.4 Å². The average Bonchev–Trinajstić information content (AvgIpc) is 3.29. The van der Waals surface area contributed by atoms with Gasteiger partial charge in [0.15, 0.2) is 0 Å². The summed E-state index contributed by atoms with van der Waals surface area (Å²) in [7, 11) is 3.49. The van der Waals surface area contributed by atoms with E-state index >= 15 is 0 Å². The topological polar surface area (TPSA) is 82.2 Å². The summed E-state index contributed by atoms with van der Waals surface area (Å²) in [5.74, 6) is -0.431. The molecule has 3 amide bonds. The highest BCUT2D eigenvalue weighted by atomic mass is 16.5. The smallest absolute Gasteiger partial charge is 0.250 e. The first kappa shape index (κ1) is 20.5. The fourth-order valence-electron chi connectivity index (χ4n) is 6.05. The molecule has 31 heavy (non-hydrogen) atoms. The van der Waals surface area contributed by atoms with Gasteiger partial charge in [-0.3, -0.25) is 19.3 Å². The lowest BCUT2D eigenvalue weighted by molar-refractivity contribution is -0.146. The minimum Gasteiger partial charge on any atom is -0.381 e. The largest absolute Gasteiger partial charge is 0.381 e. The van der Waals surface area contributed by atoms with Crippen LogP contribution in [0, 0.1) is 11.8 Å². The number of para-hydroxylation sites is 1. The maximum absolute atomic E-state index is 13.5. The van der Waals surface area contributed by atoms with Crippen molar-refractivity contribution in [3.8, 4) is 0 Å². The zero-order valence-corrected chi connectivity index (χ0v) is 18.2. The van der Waals surface area contributed by atoms with Gasteiger partial charge in [-0.15, -0.1) is 0 Å². The maximum Gasteiger partial charge on any atom is 0.250 e. The van der Waals surface area contributed by atoms with Crippen LogP contribution in [-0.2, 0) is 24.7 Å². The molecular formula is C23H30N4O4. The van der Waals surface area contributed by atoms with Gasteiger partial charge in [0.2, 0.25) is 17.7 Å². The van der Waals surface area contributed by atoms with Crippen molar-refractivity contribution in [1.82, 2.24) is 14.7 Å². The van der Waals surface area contributed by atoms with Gasteiger partial charge in [0, 0.05) is 70.2 Å². The second kappa shape index (κ2) is 7.60. The lowest BCUT2D eigenvalue weighted by atomic mass is 9.78. The molecule has 1 aromatic carbocycles. The zero-order chi connectivity index (χ0) is 21.8. The summed E-state index contributed by atoms with van der Waals surface area (Å²) < 4.78 is 5.41. The molecule has 8 heteroatoms. The molecular weight excluding hydrogens is 396 g/mol. The number of fused-ring (bicyclic) bond motifs is 4. The van der Waals surface area contributed by atoms with Crippen LogP contribution in [0.2, 0.25) is 0 Å². The summed E-state index contributed by atoms with van der Waals surface area (Å²) in [4.78, 5) is 45.7. The fraction of sp³-hybridized carbons (Fsp3) is 0.609. The second-order valence-electron chi connectivity index (χ2n) is 9.31. The van der Waals surface area contributed by atoms with E-state index in [1.165, 1.54) is 0 Å². The van der Waals surface area contributed by atoms with Crippen molar-refractivity contribution in [2.24, 2.45) is 11.8 Å². The van der Waals surface area contributed by atoms with Crippen LogP contribution < -0.4 is 5.32 Å². The Labute approximate surface area is 182 Å². The number of carbonyl (C=O) groups excluding carboxylic acids is 3. The third kappa shape index (κ3) is 2.99. The number of hydrogen-bond acceptors (Lipinski definition) is 5. The van der Waals surface area contributed by atoms with Gasteiger partial charge < -0.3 is 19.9 Å². The number of ether oxygens (including phenoxy) is 1. The third-order valence-corrected chi connectivity index (χ3v) is 7.50. The number of amides is 3. The van der Waals surface area contributed by atoms with Gasteiger partial charge in [-0.25, -0.2) is 0 Å². The average molecular weight is 427 g/mol. The number of rotatable bonds is 2. The van der Waals surface area contributed by atoms with E-state index in [0.717, 1.165) is 24.1 Å². The third-order valence-electron chi connectivity index (χ3n) is 7.50. The molecule has 0 bridgehead atoms. The van der Waals surface area contributed by atoms with E-state index in [2.05, 4.69) is 10.2 Å². The lowest BCUT2D eigenvalue weighted by Crippen LogP contribution is -2.61. The van der Waals surface area contributed by atoms with Gasteiger partial charge in [-0.05, 0) is 25.3 Å². The number of carbonyl (C=O) groups is 3. The van der Waals surface area contributed by atoms with E-state index < -0.39 is 11.5 Å². The van der Waals surface area contributed by atoms with Gasteiger partial charge in [0.05, 0.1) is 5.92 Å². The Kier molecular flexibility index (Phi) is 5.01. The van der Waals surface area contributed by atoms with Gasteiger partial charge in [-0.2, -0.15) is 0 Å². The highest BCUT2D eigenvalue weighted by molar-refractivity contribution is 6.09. The first-order chi connectivity index (χ1) is 14.9. The van der Waals surface area contributed by atoms with Crippen LogP contribution in [0.15, 0.2) is 24.3 Å². The Bertz CT molecular complexity index is 913. The van der Waals surface area contributed by atoms with E-state index in [4.69, 9.17) is 4.74 Å². The molecule has 1 spiro atoms. The summed E-state index contributed by atoms with van der Waals surface area (Å²) in [6.45, 7) is 2.99.